The number of carbonyl (C=O) groups is 2. The number of hydrogen-bond acceptors (Lipinski definition) is 2. The van der Waals surface area contributed by atoms with E-state index >= 15 is 0 Å². The van der Waals surface area contributed by atoms with E-state index in [0.29, 0.717) is 24.6 Å². The van der Waals surface area contributed by atoms with Gasteiger partial charge in [0.25, 0.3) is 0 Å². The molecular weight excluding hydrogens is 436 g/mol. The molecule has 0 saturated carbocycles. The van der Waals surface area contributed by atoms with E-state index in [-0.39, 0.29) is 12.3 Å². The Hall–Kier alpha value is -3.68. The van der Waals surface area contributed by atoms with Gasteiger partial charge >= 0.3 is 6.18 Å². The highest BCUT2D eigenvalue weighted by atomic mass is 19.4. The lowest BCUT2D eigenvalue weighted by Crippen LogP contribution is -2.38. The van der Waals surface area contributed by atoms with Crippen molar-refractivity contribution < 1.29 is 27.2 Å². The van der Waals surface area contributed by atoms with Gasteiger partial charge in [-0.1, -0.05) is 48.5 Å². The van der Waals surface area contributed by atoms with Crippen LogP contribution in [0.2, 0.25) is 0 Å². The number of fused-ring (bicyclic) bond motifs is 1. The fourth-order valence-corrected chi connectivity index (χ4v) is 4.01. The molecule has 0 radical (unpaired) electrons. The third-order valence-electron chi connectivity index (χ3n) is 5.47. The first-order valence-corrected chi connectivity index (χ1v) is 10.4. The molecule has 1 aliphatic rings. The molecule has 1 N–H and O–H groups in total. The number of aryl methyl sites for hydroxylation is 1. The van der Waals surface area contributed by atoms with Gasteiger partial charge in [0.1, 0.15) is 12.4 Å². The Balaban J connectivity index is 1.69. The minimum Gasteiger partial charge on any atom is -0.324 e. The van der Waals surface area contributed by atoms with Gasteiger partial charge in [0.2, 0.25) is 11.8 Å². The van der Waals surface area contributed by atoms with E-state index in [9.17, 15) is 27.2 Å². The largest absolute Gasteiger partial charge is 0.418 e. The zero-order valence-electron chi connectivity index (χ0n) is 17.5. The standard InChI is InChI=1S/C25H20F4N2O2/c26-18-12-13-21(20(14-18)25(27,28)29)30-22(32)15-31-23(33)11-5-9-17-8-4-10-19(24(17)31)16-6-2-1-3-7-16/h1-4,6-8,10,12-14H,5,9,11,15H2,(H,30,32). The fraction of sp³-hybridized carbons (Fsp3) is 0.200. The third kappa shape index (κ3) is 4.89. The molecule has 0 spiro atoms. The van der Waals surface area contributed by atoms with Crippen LogP contribution in [-0.4, -0.2) is 18.4 Å². The average Bonchev–Trinajstić information content (AvgIpc) is 2.93. The molecule has 8 heteroatoms. The molecule has 0 bridgehead atoms. The summed E-state index contributed by atoms with van der Waals surface area (Å²) in [5.74, 6) is -2.16. The van der Waals surface area contributed by atoms with Gasteiger partial charge in [-0.3, -0.25) is 9.59 Å². The molecule has 1 heterocycles. The summed E-state index contributed by atoms with van der Waals surface area (Å²) in [6.45, 7) is -0.468. The number of carbonyl (C=O) groups excluding carboxylic acids is 2. The van der Waals surface area contributed by atoms with E-state index < -0.39 is 35.7 Å². The lowest BCUT2D eigenvalue weighted by molar-refractivity contribution is -0.137. The number of rotatable bonds is 4. The molecule has 3 aromatic carbocycles. The highest BCUT2D eigenvalue weighted by molar-refractivity contribution is 6.06. The van der Waals surface area contributed by atoms with E-state index in [4.69, 9.17) is 0 Å². The molecule has 33 heavy (non-hydrogen) atoms. The van der Waals surface area contributed by atoms with Crippen LogP contribution in [0.5, 0.6) is 0 Å². The Morgan fingerprint density at radius 1 is 0.970 bits per heavy atom. The van der Waals surface area contributed by atoms with Crippen molar-refractivity contribution in [2.45, 2.75) is 25.4 Å². The van der Waals surface area contributed by atoms with E-state index in [2.05, 4.69) is 5.32 Å². The number of anilines is 2. The number of benzene rings is 3. The molecule has 4 nitrogen and oxygen atoms in total. The van der Waals surface area contributed by atoms with Gasteiger partial charge in [0, 0.05) is 12.0 Å². The van der Waals surface area contributed by atoms with E-state index in [0.717, 1.165) is 28.8 Å². The summed E-state index contributed by atoms with van der Waals surface area (Å²) >= 11 is 0. The number of halogens is 4. The van der Waals surface area contributed by atoms with Crippen molar-refractivity contribution in [3.63, 3.8) is 0 Å². The average molecular weight is 456 g/mol. The minimum atomic E-state index is -4.85. The van der Waals surface area contributed by atoms with Crippen LogP contribution in [0, 0.1) is 5.82 Å². The number of amides is 2. The Labute approximate surface area is 187 Å². The predicted molar refractivity (Wildman–Crippen MR) is 117 cm³/mol. The molecule has 1 aliphatic heterocycles. The van der Waals surface area contributed by atoms with Gasteiger partial charge in [0.05, 0.1) is 16.9 Å². The Morgan fingerprint density at radius 2 is 1.73 bits per heavy atom. The summed E-state index contributed by atoms with van der Waals surface area (Å²) in [6, 6.07) is 17.0. The lowest BCUT2D eigenvalue weighted by Gasteiger charge is -2.26. The van der Waals surface area contributed by atoms with Crippen LogP contribution in [0.4, 0.5) is 28.9 Å². The monoisotopic (exact) mass is 456 g/mol. The first kappa shape index (κ1) is 22.5. The minimum absolute atomic E-state index is 0.209. The van der Waals surface area contributed by atoms with Crippen LogP contribution in [-0.2, 0) is 22.2 Å². The second-order valence-electron chi connectivity index (χ2n) is 7.75. The molecule has 170 valence electrons. The lowest BCUT2D eigenvalue weighted by atomic mass is 9.97. The maximum atomic E-state index is 13.4. The highest BCUT2D eigenvalue weighted by Crippen LogP contribution is 2.38. The molecular formula is C25H20F4N2O2. The van der Waals surface area contributed by atoms with E-state index in [1.54, 1.807) is 0 Å². The summed E-state index contributed by atoms with van der Waals surface area (Å²) in [6.07, 6.45) is -3.41. The van der Waals surface area contributed by atoms with Crippen molar-refractivity contribution in [3.05, 3.63) is 83.7 Å². The number of nitrogens with zero attached hydrogens (tertiary/aromatic N) is 1. The summed E-state index contributed by atoms with van der Waals surface area (Å²) in [5.41, 5.74) is 1.22. The van der Waals surface area contributed by atoms with Crippen molar-refractivity contribution in [2.75, 3.05) is 16.8 Å². The fourth-order valence-electron chi connectivity index (χ4n) is 4.01. The van der Waals surface area contributed by atoms with Gasteiger partial charge in [0.15, 0.2) is 0 Å². The molecule has 0 atom stereocenters. The van der Waals surface area contributed by atoms with Gasteiger partial charge in [-0.05, 0) is 42.2 Å². The van der Waals surface area contributed by atoms with Gasteiger partial charge in [-0.25, -0.2) is 4.39 Å². The van der Waals surface area contributed by atoms with E-state index in [1.165, 1.54) is 4.90 Å². The van der Waals surface area contributed by atoms with Crippen molar-refractivity contribution in [2.24, 2.45) is 0 Å². The van der Waals surface area contributed by atoms with Crippen LogP contribution in [0.25, 0.3) is 11.1 Å². The van der Waals surface area contributed by atoms with Crippen LogP contribution in [0.15, 0.2) is 66.7 Å². The van der Waals surface area contributed by atoms with Crippen molar-refractivity contribution in [3.8, 4) is 11.1 Å². The Morgan fingerprint density at radius 3 is 2.45 bits per heavy atom. The Bertz CT molecular complexity index is 1190. The number of hydrogen-bond donors (Lipinski definition) is 1. The zero-order chi connectivity index (χ0) is 23.6. The number of para-hydroxylation sites is 1. The highest BCUT2D eigenvalue weighted by Gasteiger charge is 2.35. The topological polar surface area (TPSA) is 49.4 Å². The van der Waals surface area contributed by atoms with Crippen molar-refractivity contribution in [1.29, 1.82) is 0 Å². The van der Waals surface area contributed by atoms with Crippen LogP contribution in [0.3, 0.4) is 0 Å². The number of nitrogens with one attached hydrogen (secondary N) is 1. The molecule has 0 aromatic heterocycles. The van der Waals surface area contributed by atoms with Crippen molar-refractivity contribution >= 4 is 23.2 Å². The second kappa shape index (κ2) is 9.05. The maximum absolute atomic E-state index is 13.4. The summed E-state index contributed by atoms with van der Waals surface area (Å²) in [5, 5.41) is 2.20. The van der Waals surface area contributed by atoms with Gasteiger partial charge < -0.3 is 10.2 Å². The molecule has 4 rings (SSSR count). The summed E-state index contributed by atoms with van der Waals surface area (Å²) in [4.78, 5) is 27.1. The second-order valence-corrected chi connectivity index (χ2v) is 7.75. The maximum Gasteiger partial charge on any atom is 0.418 e. The first-order chi connectivity index (χ1) is 15.7. The van der Waals surface area contributed by atoms with Gasteiger partial charge in [-0.15, -0.1) is 0 Å². The molecule has 3 aromatic rings. The normalized spacial score (nSPS) is 13.9. The van der Waals surface area contributed by atoms with Crippen molar-refractivity contribution in [1.82, 2.24) is 0 Å². The predicted octanol–water partition coefficient (Wildman–Crippen LogP) is 5.82. The molecule has 0 saturated heterocycles. The third-order valence-corrected chi connectivity index (χ3v) is 5.47. The smallest absolute Gasteiger partial charge is 0.324 e. The first-order valence-electron chi connectivity index (χ1n) is 10.4. The van der Waals surface area contributed by atoms with Gasteiger partial charge in [-0.2, -0.15) is 13.2 Å². The molecule has 0 fully saturated rings. The zero-order valence-corrected chi connectivity index (χ0v) is 17.5. The van der Waals surface area contributed by atoms with Crippen LogP contribution < -0.4 is 10.2 Å². The quantitative estimate of drug-likeness (QED) is 0.503. The van der Waals surface area contributed by atoms with Crippen LogP contribution >= 0.6 is 0 Å². The molecule has 0 unspecified atom stereocenters. The SMILES string of the molecule is O=C(CN1C(=O)CCCc2cccc(-c3ccccc3)c21)Nc1ccc(F)cc1C(F)(F)F. The van der Waals surface area contributed by atoms with Crippen LogP contribution in [0.1, 0.15) is 24.0 Å². The number of alkyl halides is 3. The Kier molecular flexibility index (Phi) is 6.18. The molecule has 2 amide bonds. The summed E-state index contributed by atoms with van der Waals surface area (Å²) in [7, 11) is 0. The summed E-state index contributed by atoms with van der Waals surface area (Å²) < 4.78 is 53.3. The molecule has 0 aliphatic carbocycles. The van der Waals surface area contributed by atoms with E-state index in [1.807, 2.05) is 48.5 Å².